The number of carboxylic acid groups (broad SMARTS) is 1. The van der Waals surface area contributed by atoms with Crippen LogP contribution in [0.5, 0.6) is 0 Å². The summed E-state index contributed by atoms with van der Waals surface area (Å²) in [4.78, 5) is 10.1. The van der Waals surface area contributed by atoms with Crippen molar-refractivity contribution in [1.82, 2.24) is 0 Å². The Kier molecular flexibility index (Phi) is 6.03. The molecule has 1 atom stereocenters. The summed E-state index contributed by atoms with van der Waals surface area (Å²) in [5.74, 6) is 0.555. The van der Waals surface area contributed by atoms with Gasteiger partial charge in [-0.2, -0.15) is 0 Å². The van der Waals surface area contributed by atoms with Crippen molar-refractivity contribution in [3.8, 4) is 0 Å². The predicted octanol–water partition coefficient (Wildman–Crippen LogP) is 2.48. The zero-order chi connectivity index (χ0) is 8.69. The molecule has 0 aromatic heterocycles. The average Bonchev–Trinajstić information content (AvgIpc) is 1.97. The fraction of sp³-hybridized carbons (Fsp3) is 0.857. The molecule has 11 heavy (non-hydrogen) atoms. The van der Waals surface area contributed by atoms with E-state index in [4.69, 9.17) is 16.7 Å². The highest BCUT2D eigenvalue weighted by Gasteiger charge is 2.09. The van der Waals surface area contributed by atoms with E-state index in [1.807, 2.05) is 6.92 Å². The predicted molar refractivity (Wildman–Crippen MR) is 43.1 cm³/mol. The highest BCUT2D eigenvalue weighted by Crippen LogP contribution is 2.07. The van der Waals surface area contributed by atoms with E-state index >= 15 is 0 Å². The van der Waals surface area contributed by atoms with Crippen LogP contribution in [-0.4, -0.2) is 23.2 Å². The molecule has 0 saturated carbocycles. The molecule has 0 aliphatic heterocycles. The van der Waals surface area contributed by atoms with Crippen molar-refractivity contribution >= 4 is 17.8 Å². The first kappa shape index (κ1) is 10.6. The first-order valence-electron chi connectivity index (χ1n) is 3.66. The molecule has 0 heterocycles. The molecule has 0 aliphatic rings. The van der Waals surface area contributed by atoms with Crippen LogP contribution >= 0.6 is 11.6 Å². The molecule has 0 bridgehead atoms. The van der Waals surface area contributed by atoms with E-state index in [1.165, 1.54) is 0 Å². The van der Waals surface area contributed by atoms with Crippen LogP contribution < -0.4 is 0 Å². The minimum Gasteiger partial charge on any atom is -0.450 e. The SMILES string of the molecule is CCC(CCCCl)OC(=O)O. The van der Waals surface area contributed by atoms with Crippen LogP contribution in [0.25, 0.3) is 0 Å². The third-order valence-electron chi connectivity index (χ3n) is 1.38. The van der Waals surface area contributed by atoms with E-state index in [2.05, 4.69) is 4.74 Å². The maximum Gasteiger partial charge on any atom is 0.506 e. The lowest BCUT2D eigenvalue weighted by Gasteiger charge is -2.11. The van der Waals surface area contributed by atoms with Crippen molar-refractivity contribution in [3.63, 3.8) is 0 Å². The van der Waals surface area contributed by atoms with Crippen LogP contribution in [0.1, 0.15) is 26.2 Å². The summed E-state index contributed by atoms with van der Waals surface area (Å²) in [7, 11) is 0. The molecule has 0 fully saturated rings. The van der Waals surface area contributed by atoms with Crippen molar-refractivity contribution in [2.75, 3.05) is 5.88 Å². The smallest absolute Gasteiger partial charge is 0.450 e. The van der Waals surface area contributed by atoms with Crippen molar-refractivity contribution in [2.45, 2.75) is 32.3 Å². The molecule has 0 rings (SSSR count). The third kappa shape index (κ3) is 5.98. The van der Waals surface area contributed by atoms with Gasteiger partial charge in [0.15, 0.2) is 0 Å². The molecule has 0 spiro atoms. The third-order valence-corrected chi connectivity index (χ3v) is 1.65. The number of hydrogen-bond donors (Lipinski definition) is 1. The van der Waals surface area contributed by atoms with Crippen LogP contribution in [-0.2, 0) is 4.74 Å². The number of halogens is 1. The topological polar surface area (TPSA) is 46.5 Å². The molecule has 4 heteroatoms. The Bertz CT molecular complexity index is 116. The molecule has 0 aromatic rings. The first-order chi connectivity index (χ1) is 5.20. The van der Waals surface area contributed by atoms with Gasteiger partial charge in [-0.1, -0.05) is 6.92 Å². The van der Waals surface area contributed by atoms with Crippen LogP contribution in [0.2, 0.25) is 0 Å². The van der Waals surface area contributed by atoms with E-state index in [9.17, 15) is 4.79 Å². The van der Waals surface area contributed by atoms with Gasteiger partial charge >= 0.3 is 6.16 Å². The van der Waals surface area contributed by atoms with E-state index in [0.29, 0.717) is 18.7 Å². The second-order valence-corrected chi connectivity index (χ2v) is 2.62. The molecule has 1 N–H and O–H groups in total. The molecule has 1 unspecified atom stereocenters. The average molecular weight is 181 g/mol. The summed E-state index contributed by atoms with van der Waals surface area (Å²) in [5.41, 5.74) is 0. The quantitative estimate of drug-likeness (QED) is 0.522. The van der Waals surface area contributed by atoms with E-state index in [-0.39, 0.29) is 6.10 Å². The Morgan fingerprint density at radius 1 is 1.73 bits per heavy atom. The van der Waals surface area contributed by atoms with Gasteiger partial charge in [0, 0.05) is 5.88 Å². The number of rotatable bonds is 5. The van der Waals surface area contributed by atoms with Gasteiger partial charge in [0.2, 0.25) is 0 Å². The second kappa shape index (κ2) is 6.28. The van der Waals surface area contributed by atoms with Crippen molar-refractivity contribution < 1.29 is 14.6 Å². The van der Waals surface area contributed by atoms with Gasteiger partial charge < -0.3 is 9.84 Å². The highest BCUT2D eigenvalue weighted by atomic mass is 35.5. The summed E-state index contributed by atoms with van der Waals surface area (Å²) in [6, 6.07) is 0. The van der Waals surface area contributed by atoms with Gasteiger partial charge in [-0.05, 0) is 19.3 Å². The fourth-order valence-electron chi connectivity index (χ4n) is 0.794. The van der Waals surface area contributed by atoms with Crippen LogP contribution in [0.15, 0.2) is 0 Å². The second-order valence-electron chi connectivity index (χ2n) is 2.25. The fourth-order valence-corrected chi connectivity index (χ4v) is 0.948. The van der Waals surface area contributed by atoms with Crippen LogP contribution in [0.4, 0.5) is 4.79 Å². The van der Waals surface area contributed by atoms with Crippen LogP contribution in [0, 0.1) is 0 Å². The zero-order valence-electron chi connectivity index (χ0n) is 6.55. The van der Waals surface area contributed by atoms with Crippen molar-refractivity contribution in [2.24, 2.45) is 0 Å². The van der Waals surface area contributed by atoms with Crippen molar-refractivity contribution in [1.29, 1.82) is 0 Å². The number of ether oxygens (including phenoxy) is 1. The largest absolute Gasteiger partial charge is 0.506 e. The Morgan fingerprint density at radius 3 is 2.73 bits per heavy atom. The van der Waals surface area contributed by atoms with E-state index in [0.717, 1.165) is 6.42 Å². The molecule has 0 saturated heterocycles. The van der Waals surface area contributed by atoms with Gasteiger partial charge in [-0.15, -0.1) is 11.6 Å². The Morgan fingerprint density at radius 2 is 2.36 bits per heavy atom. The van der Waals surface area contributed by atoms with Crippen molar-refractivity contribution in [3.05, 3.63) is 0 Å². The summed E-state index contributed by atoms with van der Waals surface area (Å²) in [6.07, 6.45) is 0.834. The summed E-state index contributed by atoms with van der Waals surface area (Å²) in [6.45, 7) is 1.89. The Balaban J connectivity index is 3.49. The maximum absolute atomic E-state index is 10.1. The monoisotopic (exact) mass is 180 g/mol. The Hall–Kier alpha value is -0.440. The van der Waals surface area contributed by atoms with Gasteiger partial charge in [0.25, 0.3) is 0 Å². The van der Waals surface area contributed by atoms with Gasteiger partial charge in [0.1, 0.15) is 6.10 Å². The summed E-state index contributed by atoms with van der Waals surface area (Å²) in [5, 5.41) is 8.26. The lowest BCUT2D eigenvalue weighted by atomic mass is 10.2. The minimum atomic E-state index is -1.20. The normalized spacial score (nSPS) is 12.5. The summed E-state index contributed by atoms with van der Waals surface area (Å²) < 4.78 is 4.56. The molecular weight excluding hydrogens is 168 g/mol. The maximum atomic E-state index is 10.1. The molecule has 0 aliphatic carbocycles. The highest BCUT2D eigenvalue weighted by molar-refractivity contribution is 6.17. The number of carbonyl (C=O) groups is 1. The first-order valence-corrected chi connectivity index (χ1v) is 4.19. The molecule has 0 amide bonds. The van der Waals surface area contributed by atoms with E-state index in [1.54, 1.807) is 0 Å². The van der Waals surface area contributed by atoms with Gasteiger partial charge in [-0.3, -0.25) is 0 Å². The van der Waals surface area contributed by atoms with E-state index < -0.39 is 6.16 Å². The zero-order valence-corrected chi connectivity index (χ0v) is 7.30. The molecule has 3 nitrogen and oxygen atoms in total. The molecule has 0 radical (unpaired) electrons. The molecule has 66 valence electrons. The molecular formula is C7H13ClO3. The lowest BCUT2D eigenvalue weighted by molar-refractivity contribution is 0.0464. The molecule has 0 aromatic carbocycles. The minimum absolute atomic E-state index is 0.189. The van der Waals surface area contributed by atoms with Gasteiger partial charge in [0.05, 0.1) is 0 Å². The standard InChI is InChI=1S/C7H13ClO3/c1-2-6(4-3-5-8)11-7(9)10/h6H,2-5H2,1H3,(H,9,10). The Labute approximate surface area is 71.3 Å². The summed E-state index contributed by atoms with van der Waals surface area (Å²) >= 11 is 5.44. The lowest BCUT2D eigenvalue weighted by Crippen LogP contribution is -2.15. The van der Waals surface area contributed by atoms with Crippen LogP contribution in [0.3, 0.4) is 0 Å². The number of alkyl halides is 1. The van der Waals surface area contributed by atoms with Gasteiger partial charge in [-0.25, -0.2) is 4.79 Å². The number of hydrogen-bond acceptors (Lipinski definition) is 2.